The molecule has 0 amide bonds. The first-order valence-electron chi connectivity index (χ1n) is 5.25. The lowest BCUT2D eigenvalue weighted by Gasteiger charge is -2.43. The first-order chi connectivity index (χ1) is 6.56. The summed E-state index contributed by atoms with van der Waals surface area (Å²) in [6.07, 6.45) is 2.39. The second-order valence-electron chi connectivity index (χ2n) is 4.04. The summed E-state index contributed by atoms with van der Waals surface area (Å²) in [6.45, 7) is 5.69. The van der Waals surface area contributed by atoms with Gasteiger partial charge in [-0.15, -0.1) is 0 Å². The molecule has 1 saturated carbocycles. The minimum atomic E-state index is -0.795. The summed E-state index contributed by atoms with van der Waals surface area (Å²) in [5, 5.41) is 0. The number of ketones is 1. The van der Waals surface area contributed by atoms with Gasteiger partial charge >= 0.3 is 5.97 Å². The van der Waals surface area contributed by atoms with Crippen molar-refractivity contribution in [2.45, 2.75) is 40.0 Å². The van der Waals surface area contributed by atoms with Crippen LogP contribution in [0.1, 0.15) is 40.0 Å². The zero-order valence-corrected chi connectivity index (χ0v) is 9.13. The highest BCUT2D eigenvalue weighted by molar-refractivity contribution is 6.03. The Balaban J connectivity index is 2.67. The second kappa shape index (κ2) is 4.11. The highest BCUT2D eigenvalue weighted by Gasteiger charge is 2.54. The molecular formula is C11H18O3. The Morgan fingerprint density at radius 2 is 1.93 bits per heavy atom. The lowest BCUT2D eigenvalue weighted by atomic mass is 9.59. The van der Waals surface area contributed by atoms with Gasteiger partial charge in [0.15, 0.2) is 0 Å². The molecule has 14 heavy (non-hydrogen) atoms. The largest absolute Gasteiger partial charge is 0.465 e. The Morgan fingerprint density at radius 1 is 1.36 bits per heavy atom. The second-order valence-corrected chi connectivity index (χ2v) is 4.04. The molecule has 3 heteroatoms. The molecule has 0 aromatic heterocycles. The van der Waals surface area contributed by atoms with Crippen LogP contribution in [0, 0.1) is 11.3 Å². The SMILES string of the molecule is CCOC(=O)C1(C(C)=O)CC(CC)C1. The van der Waals surface area contributed by atoms with Gasteiger partial charge in [-0.25, -0.2) is 0 Å². The summed E-state index contributed by atoms with van der Waals surface area (Å²) in [5.74, 6) is 0.154. The van der Waals surface area contributed by atoms with E-state index in [9.17, 15) is 9.59 Å². The standard InChI is InChI=1S/C11H18O3/c1-4-9-6-11(7-9,8(3)12)10(13)14-5-2/h9H,4-7H2,1-3H3. The zero-order valence-electron chi connectivity index (χ0n) is 9.13. The van der Waals surface area contributed by atoms with Gasteiger partial charge in [-0.1, -0.05) is 13.3 Å². The van der Waals surface area contributed by atoms with Crippen molar-refractivity contribution in [2.75, 3.05) is 6.61 Å². The summed E-state index contributed by atoms with van der Waals surface area (Å²) in [7, 11) is 0. The third-order valence-corrected chi connectivity index (χ3v) is 3.19. The van der Waals surface area contributed by atoms with Crippen LogP contribution < -0.4 is 0 Å². The van der Waals surface area contributed by atoms with Crippen molar-refractivity contribution in [2.24, 2.45) is 11.3 Å². The van der Waals surface area contributed by atoms with E-state index in [1.165, 1.54) is 6.92 Å². The van der Waals surface area contributed by atoms with Crippen molar-refractivity contribution in [3.8, 4) is 0 Å². The number of Topliss-reactive ketones (excluding diaryl/α,β-unsaturated/α-hetero) is 1. The van der Waals surface area contributed by atoms with Gasteiger partial charge in [0.25, 0.3) is 0 Å². The van der Waals surface area contributed by atoms with Crippen molar-refractivity contribution < 1.29 is 14.3 Å². The predicted molar refractivity (Wildman–Crippen MR) is 52.8 cm³/mol. The van der Waals surface area contributed by atoms with Gasteiger partial charge < -0.3 is 4.74 Å². The molecule has 0 radical (unpaired) electrons. The Labute approximate surface area is 84.8 Å². The Hall–Kier alpha value is -0.860. The van der Waals surface area contributed by atoms with E-state index in [0.29, 0.717) is 25.4 Å². The van der Waals surface area contributed by atoms with E-state index >= 15 is 0 Å². The molecule has 1 rings (SSSR count). The molecule has 0 unspecified atom stereocenters. The predicted octanol–water partition coefficient (Wildman–Crippen LogP) is 1.94. The van der Waals surface area contributed by atoms with Crippen molar-refractivity contribution in [3.63, 3.8) is 0 Å². The van der Waals surface area contributed by atoms with E-state index < -0.39 is 5.41 Å². The van der Waals surface area contributed by atoms with Crippen LogP contribution in [0.5, 0.6) is 0 Å². The lowest BCUT2D eigenvalue weighted by molar-refractivity contribution is -0.169. The summed E-state index contributed by atoms with van der Waals surface area (Å²) in [6, 6.07) is 0. The van der Waals surface area contributed by atoms with Gasteiger partial charge in [0.2, 0.25) is 0 Å². The molecule has 0 aliphatic heterocycles. The topological polar surface area (TPSA) is 43.4 Å². The quantitative estimate of drug-likeness (QED) is 0.512. The first-order valence-corrected chi connectivity index (χ1v) is 5.25. The van der Waals surface area contributed by atoms with Crippen LogP contribution in [0.3, 0.4) is 0 Å². The Morgan fingerprint density at radius 3 is 2.29 bits per heavy atom. The van der Waals surface area contributed by atoms with Gasteiger partial charge in [0, 0.05) is 0 Å². The molecule has 0 heterocycles. The fraction of sp³-hybridized carbons (Fsp3) is 0.818. The van der Waals surface area contributed by atoms with Crippen LogP contribution in [-0.4, -0.2) is 18.4 Å². The number of hydrogen-bond donors (Lipinski definition) is 0. The normalized spacial score (nSPS) is 30.6. The molecule has 0 aromatic rings. The highest BCUT2D eigenvalue weighted by atomic mass is 16.5. The van der Waals surface area contributed by atoms with Crippen LogP contribution in [-0.2, 0) is 14.3 Å². The van der Waals surface area contributed by atoms with E-state index in [-0.39, 0.29) is 11.8 Å². The van der Waals surface area contributed by atoms with Crippen LogP contribution in [0.15, 0.2) is 0 Å². The number of ether oxygens (including phenoxy) is 1. The molecule has 1 aliphatic carbocycles. The first kappa shape index (κ1) is 11.2. The number of carbonyl (C=O) groups excluding carboxylic acids is 2. The number of hydrogen-bond acceptors (Lipinski definition) is 3. The number of esters is 1. The van der Waals surface area contributed by atoms with Crippen molar-refractivity contribution in [1.29, 1.82) is 0 Å². The summed E-state index contributed by atoms with van der Waals surface area (Å²) in [5.41, 5.74) is -0.795. The van der Waals surface area contributed by atoms with E-state index in [1.807, 2.05) is 0 Å². The molecule has 0 bridgehead atoms. The third-order valence-electron chi connectivity index (χ3n) is 3.19. The fourth-order valence-electron chi connectivity index (χ4n) is 2.08. The molecule has 1 aliphatic rings. The summed E-state index contributed by atoms with van der Waals surface area (Å²) < 4.78 is 4.94. The van der Waals surface area contributed by atoms with Gasteiger partial charge in [0.1, 0.15) is 11.2 Å². The maximum atomic E-state index is 11.6. The molecule has 0 saturated heterocycles. The number of rotatable bonds is 4. The van der Waals surface area contributed by atoms with Crippen LogP contribution in [0.4, 0.5) is 0 Å². The lowest BCUT2D eigenvalue weighted by Crippen LogP contribution is -2.49. The van der Waals surface area contributed by atoms with Gasteiger partial charge in [-0.2, -0.15) is 0 Å². The van der Waals surface area contributed by atoms with Crippen molar-refractivity contribution >= 4 is 11.8 Å². The average molecular weight is 198 g/mol. The average Bonchev–Trinajstić information content (AvgIpc) is 2.02. The Bertz CT molecular complexity index is 239. The van der Waals surface area contributed by atoms with Crippen LogP contribution >= 0.6 is 0 Å². The van der Waals surface area contributed by atoms with E-state index in [1.54, 1.807) is 6.92 Å². The summed E-state index contributed by atoms with van der Waals surface area (Å²) in [4.78, 5) is 23.0. The molecular weight excluding hydrogens is 180 g/mol. The van der Waals surface area contributed by atoms with E-state index in [4.69, 9.17) is 4.74 Å². The molecule has 1 fully saturated rings. The smallest absolute Gasteiger partial charge is 0.319 e. The minimum Gasteiger partial charge on any atom is -0.465 e. The molecule has 0 atom stereocenters. The van der Waals surface area contributed by atoms with Crippen molar-refractivity contribution in [1.82, 2.24) is 0 Å². The third kappa shape index (κ3) is 1.68. The molecule has 80 valence electrons. The minimum absolute atomic E-state index is 0.0411. The fourth-order valence-corrected chi connectivity index (χ4v) is 2.08. The van der Waals surface area contributed by atoms with Gasteiger partial charge in [-0.3, -0.25) is 9.59 Å². The van der Waals surface area contributed by atoms with Gasteiger partial charge in [0.05, 0.1) is 6.61 Å². The molecule has 3 nitrogen and oxygen atoms in total. The van der Waals surface area contributed by atoms with Crippen LogP contribution in [0.2, 0.25) is 0 Å². The highest BCUT2D eigenvalue weighted by Crippen LogP contribution is 2.48. The summed E-state index contributed by atoms with van der Waals surface area (Å²) >= 11 is 0. The van der Waals surface area contributed by atoms with Crippen molar-refractivity contribution in [3.05, 3.63) is 0 Å². The Kier molecular flexibility index (Phi) is 3.29. The molecule has 0 aromatic carbocycles. The maximum absolute atomic E-state index is 11.6. The van der Waals surface area contributed by atoms with Crippen LogP contribution in [0.25, 0.3) is 0 Å². The maximum Gasteiger partial charge on any atom is 0.319 e. The van der Waals surface area contributed by atoms with E-state index in [0.717, 1.165) is 6.42 Å². The monoisotopic (exact) mass is 198 g/mol. The van der Waals surface area contributed by atoms with E-state index in [2.05, 4.69) is 6.92 Å². The molecule has 0 N–H and O–H groups in total. The van der Waals surface area contributed by atoms with Gasteiger partial charge in [-0.05, 0) is 32.6 Å². The molecule has 0 spiro atoms. The zero-order chi connectivity index (χ0) is 10.8. The number of carbonyl (C=O) groups is 2.